The average Bonchev–Trinajstić information content (AvgIpc) is 2.38. The van der Waals surface area contributed by atoms with Gasteiger partial charge in [-0.1, -0.05) is 51.1 Å². The first kappa shape index (κ1) is 14.5. The highest BCUT2D eigenvalue weighted by atomic mass is 16.5. The standard InChI is InChI=1S/C16H21N3O/c1-16(2,3)14(20-4)15-18-12(10-13(17)19-15)11-8-6-5-7-9-11/h5-10,14H,1-4H3,(H2,17,18,19). The molecule has 0 aliphatic rings. The summed E-state index contributed by atoms with van der Waals surface area (Å²) in [5.74, 6) is 1.08. The lowest BCUT2D eigenvalue weighted by Crippen LogP contribution is -2.23. The van der Waals surface area contributed by atoms with E-state index in [1.54, 1.807) is 13.2 Å². The summed E-state index contributed by atoms with van der Waals surface area (Å²) in [4.78, 5) is 8.96. The van der Waals surface area contributed by atoms with Gasteiger partial charge in [-0.2, -0.15) is 0 Å². The van der Waals surface area contributed by atoms with Gasteiger partial charge in [-0.15, -0.1) is 0 Å². The maximum Gasteiger partial charge on any atom is 0.160 e. The highest BCUT2D eigenvalue weighted by Crippen LogP contribution is 2.34. The van der Waals surface area contributed by atoms with E-state index in [0.717, 1.165) is 11.3 Å². The van der Waals surface area contributed by atoms with Crippen LogP contribution in [0.2, 0.25) is 0 Å². The van der Waals surface area contributed by atoms with Crippen molar-refractivity contribution in [2.45, 2.75) is 26.9 Å². The number of methoxy groups -OCH3 is 1. The van der Waals surface area contributed by atoms with Crippen molar-refractivity contribution < 1.29 is 4.74 Å². The highest BCUT2D eigenvalue weighted by molar-refractivity contribution is 5.61. The molecule has 1 aromatic heterocycles. The molecule has 2 aromatic rings. The quantitative estimate of drug-likeness (QED) is 0.928. The Bertz CT molecular complexity index is 576. The molecule has 0 radical (unpaired) electrons. The molecule has 0 spiro atoms. The van der Waals surface area contributed by atoms with Crippen molar-refractivity contribution in [1.29, 1.82) is 0 Å². The minimum Gasteiger partial charge on any atom is -0.384 e. The van der Waals surface area contributed by atoms with Crippen LogP contribution in [-0.2, 0) is 4.74 Å². The zero-order valence-corrected chi connectivity index (χ0v) is 12.4. The molecule has 4 nitrogen and oxygen atoms in total. The lowest BCUT2D eigenvalue weighted by atomic mass is 9.88. The molecular formula is C16H21N3O. The number of anilines is 1. The van der Waals surface area contributed by atoms with E-state index in [9.17, 15) is 0 Å². The largest absolute Gasteiger partial charge is 0.384 e. The molecule has 0 saturated carbocycles. The Morgan fingerprint density at radius 3 is 2.30 bits per heavy atom. The summed E-state index contributed by atoms with van der Waals surface area (Å²) < 4.78 is 5.57. The summed E-state index contributed by atoms with van der Waals surface area (Å²) in [5.41, 5.74) is 7.66. The van der Waals surface area contributed by atoms with E-state index in [0.29, 0.717) is 11.6 Å². The Morgan fingerprint density at radius 1 is 1.10 bits per heavy atom. The monoisotopic (exact) mass is 271 g/mol. The molecule has 4 heteroatoms. The van der Waals surface area contributed by atoms with E-state index < -0.39 is 0 Å². The Labute approximate surface area is 120 Å². The fourth-order valence-electron chi connectivity index (χ4n) is 2.21. The Hall–Kier alpha value is -1.94. The number of nitrogens with zero attached hydrogens (tertiary/aromatic N) is 2. The molecule has 0 aliphatic carbocycles. The predicted octanol–water partition coefficient (Wildman–Crippen LogP) is 3.46. The van der Waals surface area contributed by atoms with Gasteiger partial charge in [0.1, 0.15) is 11.9 Å². The van der Waals surface area contributed by atoms with Crippen LogP contribution in [0.15, 0.2) is 36.4 Å². The molecule has 20 heavy (non-hydrogen) atoms. The van der Waals surface area contributed by atoms with Gasteiger partial charge < -0.3 is 10.5 Å². The van der Waals surface area contributed by atoms with Gasteiger partial charge >= 0.3 is 0 Å². The summed E-state index contributed by atoms with van der Waals surface area (Å²) in [6.45, 7) is 6.28. The molecule has 0 saturated heterocycles. The maximum absolute atomic E-state index is 5.93. The molecule has 1 unspecified atom stereocenters. The SMILES string of the molecule is COC(c1nc(N)cc(-c2ccccc2)n1)C(C)(C)C. The van der Waals surface area contributed by atoms with Gasteiger partial charge in [0, 0.05) is 18.7 Å². The van der Waals surface area contributed by atoms with Crippen molar-refractivity contribution in [3.8, 4) is 11.3 Å². The third-order valence-corrected chi connectivity index (χ3v) is 3.09. The molecule has 106 valence electrons. The van der Waals surface area contributed by atoms with E-state index in [-0.39, 0.29) is 11.5 Å². The lowest BCUT2D eigenvalue weighted by molar-refractivity contribution is 0.00885. The predicted molar refractivity (Wildman–Crippen MR) is 81.1 cm³/mol. The van der Waals surface area contributed by atoms with E-state index >= 15 is 0 Å². The van der Waals surface area contributed by atoms with Crippen LogP contribution in [0.4, 0.5) is 5.82 Å². The number of hydrogen-bond acceptors (Lipinski definition) is 4. The number of ether oxygens (including phenoxy) is 1. The summed E-state index contributed by atoms with van der Waals surface area (Å²) in [7, 11) is 1.67. The van der Waals surface area contributed by atoms with Crippen LogP contribution in [0.1, 0.15) is 32.7 Å². The second-order valence-corrected chi connectivity index (χ2v) is 5.88. The van der Waals surface area contributed by atoms with Gasteiger partial charge in [-0.3, -0.25) is 0 Å². The molecule has 0 bridgehead atoms. The van der Waals surface area contributed by atoms with Crippen LogP contribution in [0.25, 0.3) is 11.3 Å². The van der Waals surface area contributed by atoms with Crippen LogP contribution in [-0.4, -0.2) is 17.1 Å². The number of nitrogen functional groups attached to an aromatic ring is 1. The molecule has 0 amide bonds. The van der Waals surface area contributed by atoms with Gasteiger partial charge in [-0.25, -0.2) is 9.97 Å². The van der Waals surface area contributed by atoms with Gasteiger partial charge in [0.05, 0.1) is 5.69 Å². The van der Waals surface area contributed by atoms with E-state index in [1.165, 1.54) is 0 Å². The topological polar surface area (TPSA) is 61.0 Å². The third kappa shape index (κ3) is 3.14. The van der Waals surface area contributed by atoms with Gasteiger partial charge in [0.2, 0.25) is 0 Å². The molecule has 1 heterocycles. The van der Waals surface area contributed by atoms with Crippen LogP contribution >= 0.6 is 0 Å². The van der Waals surface area contributed by atoms with Crippen LogP contribution in [0.3, 0.4) is 0 Å². The number of benzene rings is 1. The molecule has 2 rings (SSSR count). The van der Waals surface area contributed by atoms with Gasteiger partial charge in [0.25, 0.3) is 0 Å². The maximum atomic E-state index is 5.93. The van der Waals surface area contributed by atoms with Crippen LogP contribution in [0.5, 0.6) is 0 Å². The Morgan fingerprint density at radius 2 is 1.75 bits per heavy atom. The van der Waals surface area contributed by atoms with Crippen LogP contribution < -0.4 is 5.73 Å². The molecule has 0 aliphatic heterocycles. The molecule has 0 fully saturated rings. The first-order valence-corrected chi connectivity index (χ1v) is 6.64. The Balaban J connectivity index is 2.49. The van der Waals surface area contributed by atoms with E-state index in [1.807, 2.05) is 30.3 Å². The summed E-state index contributed by atoms with van der Waals surface area (Å²) in [6, 6.07) is 11.7. The van der Waals surface area contributed by atoms with Gasteiger partial charge in [-0.05, 0) is 5.41 Å². The zero-order valence-electron chi connectivity index (χ0n) is 12.4. The summed E-state index contributed by atoms with van der Waals surface area (Å²) in [5, 5.41) is 0. The van der Waals surface area contributed by atoms with E-state index in [2.05, 4.69) is 30.7 Å². The van der Waals surface area contributed by atoms with Crippen molar-refractivity contribution >= 4 is 5.82 Å². The smallest absolute Gasteiger partial charge is 0.160 e. The lowest BCUT2D eigenvalue weighted by Gasteiger charge is -2.28. The number of hydrogen-bond donors (Lipinski definition) is 1. The van der Waals surface area contributed by atoms with Gasteiger partial charge in [0.15, 0.2) is 5.82 Å². The zero-order chi connectivity index (χ0) is 14.8. The Kier molecular flexibility index (Phi) is 4.04. The third-order valence-electron chi connectivity index (χ3n) is 3.09. The van der Waals surface area contributed by atoms with Crippen molar-refractivity contribution in [2.24, 2.45) is 5.41 Å². The summed E-state index contributed by atoms with van der Waals surface area (Å²) in [6.07, 6.45) is -0.200. The fraction of sp³-hybridized carbons (Fsp3) is 0.375. The first-order chi connectivity index (χ1) is 9.41. The molecule has 1 aromatic carbocycles. The second-order valence-electron chi connectivity index (χ2n) is 5.88. The van der Waals surface area contributed by atoms with Crippen molar-refractivity contribution in [3.63, 3.8) is 0 Å². The normalized spacial score (nSPS) is 13.2. The first-order valence-electron chi connectivity index (χ1n) is 6.64. The summed E-state index contributed by atoms with van der Waals surface area (Å²) >= 11 is 0. The van der Waals surface area contributed by atoms with Crippen LogP contribution in [0, 0.1) is 5.41 Å². The van der Waals surface area contributed by atoms with Crippen molar-refractivity contribution in [3.05, 3.63) is 42.2 Å². The van der Waals surface area contributed by atoms with Crippen molar-refractivity contribution in [2.75, 3.05) is 12.8 Å². The number of aromatic nitrogens is 2. The molecule has 1 atom stereocenters. The minimum atomic E-state index is -0.200. The minimum absolute atomic E-state index is 0.101. The van der Waals surface area contributed by atoms with Crippen molar-refractivity contribution in [1.82, 2.24) is 9.97 Å². The average molecular weight is 271 g/mol. The molecule has 2 N–H and O–H groups in total. The molecular weight excluding hydrogens is 250 g/mol. The number of rotatable bonds is 3. The highest BCUT2D eigenvalue weighted by Gasteiger charge is 2.29. The fourth-order valence-corrected chi connectivity index (χ4v) is 2.21. The second kappa shape index (κ2) is 5.59. The number of nitrogens with two attached hydrogens (primary N) is 1. The van der Waals surface area contributed by atoms with E-state index in [4.69, 9.17) is 10.5 Å².